The van der Waals surface area contributed by atoms with Gasteiger partial charge in [0, 0.05) is 25.6 Å². The smallest absolute Gasteiger partial charge is 0.223 e. The first-order valence-corrected chi connectivity index (χ1v) is 7.83. The minimum atomic E-state index is 0.215. The first-order chi connectivity index (χ1) is 9.79. The van der Waals surface area contributed by atoms with Crippen molar-refractivity contribution in [2.45, 2.75) is 45.3 Å². The molecule has 5 nitrogen and oxygen atoms in total. The molecule has 0 spiro atoms. The molecule has 2 aliphatic carbocycles. The topological polar surface area (TPSA) is 50.2 Å². The zero-order chi connectivity index (χ0) is 13.5. The summed E-state index contributed by atoms with van der Waals surface area (Å²) in [6, 6.07) is 0. The Bertz CT molecular complexity index is 516. The van der Waals surface area contributed by atoms with E-state index >= 15 is 0 Å². The molecule has 1 aromatic rings. The molecule has 0 aromatic carbocycles. The van der Waals surface area contributed by atoms with E-state index in [1.54, 1.807) is 0 Å². The fraction of sp³-hybridized carbons (Fsp3) is 0.733. The monoisotopic (exact) mass is 274 g/mol. The van der Waals surface area contributed by atoms with Crippen molar-refractivity contribution in [3.63, 3.8) is 0 Å². The number of rotatable bonds is 5. The molecular weight excluding hydrogens is 252 g/mol. The lowest BCUT2D eigenvalue weighted by Gasteiger charge is -2.28. The highest BCUT2D eigenvalue weighted by Gasteiger charge is 2.30. The lowest BCUT2D eigenvalue weighted by Crippen LogP contribution is -2.36. The lowest BCUT2D eigenvalue weighted by atomic mass is 10.3. The summed E-state index contributed by atoms with van der Waals surface area (Å²) in [4.78, 5) is 18.8. The van der Waals surface area contributed by atoms with Crippen molar-refractivity contribution in [2.24, 2.45) is 11.8 Å². The molecule has 3 aliphatic rings. The summed E-state index contributed by atoms with van der Waals surface area (Å²) in [6.07, 6.45) is 6.87. The fourth-order valence-electron chi connectivity index (χ4n) is 3.00. The Morgan fingerprint density at radius 2 is 2.15 bits per heavy atom. The highest BCUT2D eigenvalue weighted by Crippen LogP contribution is 2.31. The van der Waals surface area contributed by atoms with Crippen molar-refractivity contribution in [3.05, 3.63) is 17.7 Å². The predicted octanol–water partition coefficient (Wildman–Crippen LogP) is 1.13. The van der Waals surface area contributed by atoms with E-state index in [0.717, 1.165) is 49.9 Å². The van der Waals surface area contributed by atoms with Gasteiger partial charge in [-0.15, -0.1) is 0 Å². The molecule has 20 heavy (non-hydrogen) atoms. The Balaban J connectivity index is 1.37. The van der Waals surface area contributed by atoms with Gasteiger partial charge in [0.15, 0.2) is 0 Å². The third-order valence-electron chi connectivity index (χ3n) is 4.63. The summed E-state index contributed by atoms with van der Waals surface area (Å²) in [6.45, 7) is 4.96. The van der Waals surface area contributed by atoms with E-state index in [2.05, 4.69) is 19.8 Å². The molecule has 1 aliphatic heterocycles. The van der Waals surface area contributed by atoms with Crippen molar-refractivity contribution in [1.29, 1.82) is 0 Å². The molecular formula is C15H22N4O. The molecule has 2 fully saturated rings. The molecule has 2 heterocycles. The van der Waals surface area contributed by atoms with Gasteiger partial charge in [-0.05, 0) is 31.6 Å². The molecule has 0 atom stereocenters. The van der Waals surface area contributed by atoms with Crippen LogP contribution in [0.4, 0.5) is 0 Å². The number of nitrogens with one attached hydrogen (secondary N) is 1. The minimum absolute atomic E-state index is 0.215. The quantitative estimate of drug-likeness (QED) is 0.876. The molecule has 0 bridgehead atoms. The van der Waals surface area contributed by atoms with E-state index in [-0.39, 0.29) is 11.8 Å². The number of imidazole rings is 1. The SMILES string of the molecule is O=C(NCc1cnc2n1CCN(CC1CC1)C2)C1CC1. The van der Waals surface area contributed by atoms with Gasteiger partial charge in [0.1, 0.15) is 5.82 Å². The second-order valence-electron chi connectivity index (χ2n) is 6.49. The van der Waals surface area contributed by atoms with Gasteiger partial charge in [-0.25, -0.2) is 4.98 Å². The van der Waals surface area contributed by atoms with Gasteiger partial charge in [0.2, 0.25) is 5.91 Å². The Morgan fingerprint density at radius 1 is 1.30 bits per heavy atom. The van der Waals surface area contributed by atoms with Gasteiger partial charge in [-0.3, -0.25) is 9.69 Å². The number of hydrogen-bond donors (Lipinski definition) is 1. The summed E-state index contributed by atoms with van der Waals surface area (Å²) >= 11 is 0. The number of carbonyl (C=O) groups is 1. The largest absolute Gasteiger partial charge is 0.350 e. The van der Waals surface area contributed by atoms with Crippen LogP contribution in [0.5, 0.6) is 0 Å². The Labute approximate surface area is 119 Å². The Hall–Kier alpha value is -1.36. The van der Waals surface area contributed by atoms with Crippen LogP contribution in [-0.2, 0) is 24.4 Å². The van der Waals surface area contributed by atoms with Gasteiger partial charge in [0.25, 0.3) is 0 Å². The average molecular weight is 274 g/mol. The van der Waals surface area contributed by atoms with Gasteiger partial charge in [-0.2, -0.15) is 0 Å². The number of nitrogens with zero attached hydrogens (tertiary/aromatic N) is 3. The van der Waals surface area contributed by atoms with Crippen molar-refractivity contribution in [2.75, 3.05) is 13.1 Å². The molecule has 1 N–H and O–H groups in total. The zero-order valence-electron chi connectivity index (χ0n) is 11.8. The summed E-state index contributed by atoms with van der Waals surface area (Å²) < 4.78 is 2.29. The first kappa shape index (κ1) is 12.4. The normalized spacial score (nSPS) is 22.6. The summed E-state index contributed by atoms with van der Waals surface area (Å²) in [5, 5.41) is 3.04. The fourth-order valence-corrected chi connectivity index (χ4v) is 3.00. The number of fused-ring (bicyclic) bond motifs is 1. The maximum atomic E-state index is 11.7. The van der Waals surface area contributed by atoms with Crippen LogP contribution in [0.1, 0.15) is 37.2 Å². The van der Waals surface area contributed by atoms with Crippen molar-refractivity contribution in [1.82, 2.24) is 19.8 Å². The van der Waals surface area contributed by atoms with Crippen molar-refractivity contribution >= 4 is 5.91 Å². The first-order valence-electron chi connectivity index (χ1n) is 7.83. The molecule has 108 valence electrons. The van der Waals surface area contributed by atoms with E-state index in [9.17, 15) is 4.79 Å². The predicted molar refractivity (Wildman–Crippen MR) is 74.8 cm³/mol. The molecule has 1 aromatic heterocycles. The standard InChI is InChI=1S/C15H22N4O/c20-15(12-3-4-12)17-8-13-7-16-14-10-18(5-6-19(13)14)9-11-1-2-11/h7,11-12H,1-6,8-10H2,(H,17,20). The van der Waals surface area contributed by atoms with Crippen LogP contribution in [-0.4, -0.2) is 33.4 Å². The van der Waals surface area contributed by atoms with Gasteiger partial charge >= 0.3 is 0 Å². The zero-order valence-corrected chi connectivity index (χ0v) is 11.8. The van der Waals surface area contributed by atoms with E-state index in [1.807, 2.05) is 6.20 Å². The summed E-state index contributed by atoms with van der Waals surface area (Å²) in [5.74, 6) is 2.60. The van der Waals surface area contributed by atoms with E-state index in [1.165, 1.54) is 19.4 Å². The van der Waals surface area contributed by atoms with Crippen LogP contribution in [0.15, 0.2) is 6.20 Å². The lowest BCUT2D eigenvalue weighted by molar-refractivity contribution is -0.122. The van der Waals surface area contributed by atoms with Gasteiger partial charge in [-0.1, -0.05) is 0 Å². The molecule has 5 heteroatoms. The van der Waals surface area contributed by atoms with E-state index < -0.39 is 0 Å². The number of hydrogen-bond acceptors (Lipinski definition) is 3. The van der Waals surface area contributed by atoms with Crippen molar-refractivity contribution < 1.29 is 4.79 Å². The second kappa shape index (κ2) is 4.88. The Kier molecular flexibility index (Phi) is 3.02. The van der Waals surface area contributed by atoms with Crippen LogP contribution >= 0.6 is 0 Å². The highest BCUT2D eigenvalue weighted by molar-refractivity contribution is 5.80. The van der Waals surface area contributed by atoms with E-state index in [4.69, 9.17) is 0 Å². The summed E-state index contributed by atoms with van der Waals surface area (Å²) in [5.41, 5.74) is 1.15. The molecule has 2 saturated carbocycles. The van der Waals surface area contributed by atoms with Crippen LogP contribution in [0, 0.1) is 11.8 Å². The highest BCUT2D eigenvalue weighted by atomic mass is 16.2. The summed E-state index contributed by atoms with van der Waals surface area (Å²) in [7, 11) is 0. The van der Waals surface area contributed by atoms with Gasteiger partial charge in [0.05, 0.1) is 25.0 Å². The molecule has 0 radical (unpaired) electrons. The van der Waals surface area contributed by atoms with Crippen molar-refractivity contribution in [3.8, 4) is 0 Å². The molecule has 4 rings (SSSR count). The third kappa shape index (κ3) is 2.59. The minimum Gasteiger partial charge on any atom is -0.350 e. The average Bonchev–Trinajstić information content (AvgIpc) is 3.35. The second-order valence-corrected chi connectivity index (χ2v) is 6.49. The third-order valence-corrected chi connectivity index (χ3v) is 4.63. The molecule has 0 unspecified atom stereocenters. The van der Waals surface area contributed by atoms with Crippen LogP contribution in [0.3, 0.4) is 0 Å². The Morgan fingerprint density at radius 3 is 2.90 bits per heavy atom. The number of amides is 1. The van der Waals surface area contributed by atoms with Crippen LogP contribution in [0.2, 0.25) is 0 Å². The van der Waals surface area contributed by atoms with Gasteiger partial charge < -0.3 is 9.88 Å². The van der Waals surface area contributed by atoms with Crippen LogP contribution in [0.25, 0.3) is 0 Å². The maximum absolute atomic E-state index is 11.7. The van der Waals surface area contributed by atoms with Crippen LogP contribution < -0.4 is 5.32 Å². The van der Waals surface area contributed by atoms with E-state index in [0.29, 0.717) is 6.54 Å². The number of aromatic nitrogens is 2. The molecule has 1 amide bonds. The number of carbonyl (C=O) groups excluding carboxylic acids is 1. The molecule has 0 saturated heterocycles. The maximum Gasteiger partial charge on any atom is 0.223 e.